The van der Waals surface area contributed by atoms with Gasteiger partial charge in [0.25, 0.3) is 0 Å². The Labute approximate surface area is 174 Å². The first kappa shape index (κ1) is 20.6. The van der Waals surface area contributed by atoms with Gasteiger partial charge in [-0.15, -0.1) is 0 Å². The predicted octanol–water partition coefficient (Wildman–Crippen LogP) is 4.52. The molecule has 1 fully saturated rings. The number of hydrogen-bond donors (Lipinski definition) is 0. The number of halogens is 3. The summed E-state index contributed by atoms with van der Waals surface area (Å²) < 4.78 is 41.0. The third kappa shape index (κ3) is 4.57. The fourth-order valence-electron chi connectivity index (χ4n) is 3.80. The van der Waals surface area contributed by atoms with E-state index in [4.69, 9.17) is 0 Å². The second-order valence-electron chi connectivity index (χ2n) is 7.92. The number of piperazine rings is 1. The topological polar surface area (TPSA) is 24.3 Å². The van der Waals surface area contributed by atoms with E-state index in [1.165, 1.54) is 11.6 Å². The third-order valence-electron chi connectivity index (χ3n) is 5.55. The monoisotopic (exact) mass is 414 g/mol. The van der Waals surface area contributed by atoms with Gasteiger partial charge < -0.3 is 9.47 Å². The summed E-state index contributed by atoms with van der Waals surface area (Å²) in [7, 11) is 4.01. The molecule has 0 amide bonds. The Morgan fingerprint density at radius 1 is 0.900 bits per heavy atom. The summed E-state index contributed by atoms with van der Waals surface area (Å²) in [4.78, 5) is 9.41. The van der Waals surface area contributed by atoms with E-state index in [1.807, 2.05) is 23.7 Å². The SMILES string of the molecule is CN1CCN(Cc2cccc(-c3nc(-c4cccc(C(F)(F)F)c4)cn3C)c2)CC1. The van der Waals surface area contributed by atoms with E-state index in [-0.39, 0.29) is 0 Å². The van der Waals surface area contributed by atoms with Gasteiger partial charge in [0.1, 0.15) is 5.82 Å². The molecule has 0 bridgehead atoms. The average Bonchev–Trinajstić information content (AvgIpc) is 3.11. The van der Waals surface area contributed by atoms with E-state index in [1.54, 1.807) is 12.3 Å². The first-order chi connectivity index (χ1) is 14.3. The van der Waals surface area contributed by atoms with Crippen molar-refractivity contribution in [1.29, 1.82) is 0 Å². The van der Waals surface area contributed by atoms with Crippen molar-refractivity contribution in [2.75, 3.05) is 33.2 Å². The molecule has 4 rings (SSSR count). The summed E-state index contributed by atoms with van der Waals surface area (Å²) in [6.45, 7) is 5.11. The maximum Gasteiger partial charge on any atom is 0.416 e. The molecule has 0 N–H and O–H groups in total. The zero-order valence-electron chi connectivity index (χ0n) is 17.2. The molecule has 1 saturated heterocycles. The van der Waals surface area contributed by atoms with Gasteiger partial charge in [0, 0.05) is 57.1 Å². The van der Waals surface area contributed by atoms with Crippen molar-refractivity contribution in [3.05, 3.63) is 65.9 Å². The van der Waals surface area contributed by atoms with Crippen LogP contribution in [0.1, 0.15) is 11.1 Å². The Morgan fingerprint density at radius 3 is 2.33 bits per heavy atom. The number of likely N-dealkylation sites (N-methyl/N-ethyl adjacent to an activating group) is 1. The molecule has 0 aliphatic carbocycles. The van der Waals surface area contributed by atoms with E-state index >= 15 is 0 Å². The van der Waals surface area contributed by atoms with E-state index in [2.05, 4.69) is 34.0 Å². The molecule has 0 spiro atoms. The second kappa shape index (κ2) is 8.24. The minimum absolute atomic E-state index is 0.459. The number of aromatic nitrogens is 2. The lowest BCUT2D eigenvalue weighted by atomic mass is 10.1. The zero-order valence-corrected chi connectivity index (χ0v) is 17.2. The maximum absolute atomic E-state index is 13.1. The summed E-state index contributed by atoms with van der Waals surface area (Å²) in [6.07, 6.45) is -2.59. The number of aryl methyl sites for hydroxylation is 1. The van der Waals surface area contributed by atoms with Gasteiger partial charge in [0.15, 0.2) is 0 Å². The van der Waals surface area contributed by atoms with Crippen molar-refractivity contribution < 1.29 is 13.2 Å². The van der Waals surface area contributed by atoms with Crippen LogP contribution >= 0.6 is 0 Å². The largest absolute Gasteiger partial charge is 0.416 e. The number of nitrogens with zero attached hydrogens (tertiary/aromatic N) is 4. The highest BCUT2D eigenvalue weighted by molar-refractivity contribution is 5.66. The molecular formula is C23H25F3N4. The first-order valence-electron chi connectivity index (χ1n) is 10.0. The number of hydrogen-bond acceptors (Lipinski definition) is 3. The van der Waals surface area contributed by atoms with Crippen molar-refractivity contribution >= 4 is 0 Å². The van der Waals surface area contributed by atoms with Crippen molar-refractivity contribution in [2.24, 2.45) is 7.05 Å². The van der Waals surface area contributed by atoms with Crippen molar-refractivity contribution in [1.82, 2.24) is 19.4 Å². The lowest BCUT2D eigenvalue weighted by Crippen LogP contribution is -2.43. The summed E-state index contributed by atoms with van der Waals surface area (Å²) in [5, 5.41) is 0. The fourth-order valence-corrected chi connectivity index (χ4v) is 3.80. The van der Waals surface area contributed by atoms with Gasteiger partial charge in [-0.05, 0) is 30.8 Å². The molecule has 3 aromatic rings. The smallest absolute Gasteiger partial charge is 0.333 e. The average molecular weight is 414 g/mol. The number of benzene rings is 2. The van der Waals surface area contributed by atoms with Crippen LogP contribution in [-0.4, -0.2) is 52.6 Å². The Kier molecular flexibility index (Phi) is 5.66. The van der Waals surface area contributed by atoms with Crippen molar-refractivity contribution in [3.8, 4) is 22.6 Å². The van der Waals surface area contributed by atoms with Gasteiger partial charge >= 0.3 is 6.18 Å². The van der Waals surface area contributed by atoms with E-state index in [0.29, 0.717) is 11.3 Å². The summed E-state index contributed by atoms with van der Waals surface area (Å²) in [5.74, 6) is 0.739. The number of rotatable bonds is 4. The molecule has 0 saturated carbocycles. The van der Waals surface area contributed by atoms with Crippen LogP contribution in [0.4, 0.5) is 13.2 Å². The van der Waals surface area contributed by atoms with Crippen LogP contribution in [-0.2, 0) is 19.8 Å². The minimum Gasteiger partial charge on any atom is -0.333 e. The van der Waals surface area contributed by atoms with E-state index < -0.39 is 11.7 Å². The molecule has 2 aromatic carbocycles. The van der Waals surface area contributed by atoms with Crippen LogP contribution in [0.15, 0.2) is 54.7 Å². The van der Waals surface area contributed by atoms with Crippen LogP contribution in [0, 0.1) is 0 Å². The molecular weight excluding hydrogens is 389 g/mol. The van der Waals surface area contributed by atoms with Gasteiger partial charge in [-0.25, -0.2) is 4.98 Å². The highest BCUT2D eigenvalue weighted by atomic mass is 19.4. The fraction of sp³-hybridized carbons (Fsp3) is 0.348. The molecule has 7 heteroatoms. The Bertz CT molecular complexity index is 1020. The summed E-state index contributed by atoms with van der Waals surface area (Å²) in [6, 6.07) is 13.5. The third-order valence-corrected chi connectivity index (χ3v) is 5.55. The van der Waals surface area contributed by atoms with Crippen LogP contribution < -0.4 is 0 Å². The molecule has 1 aromatic heterocycles. The molecule has 0 unspecified atom stereocenters. The Morgan fingerprint density at radius 2 is 1.60 bits per heavy atom. The van der Waals surface area contributed by atoms with Gasteiger partial charge in [-0.1, -0.05) is 30.3 Å². The van der Waals surface area contributed by atoms with Crippen molar-refractivity contribution in [3.63, 3.8) is 0 Å². The first-order valence-corrected chi connectivity index (χ1v) is 10.0. The highest BCUT2D eigenvalue weighted by Gasteiger charge is 2.30. The van der Waals surface area contributed by atoms with E-state index in [0.717, 1.165) is 56.2 Å². The molecule has 30 heavy (non-hydrogen) atoms. The van der Waals surface area contributed by atoms with Gasteiger partial charge in [0.05, 0.1) is 11.3 Å². The maximum atomic E-state index is 13.1. The molecule has 0 radical (unpaired) electrons. The number of alkyl halides is 3. The highest BCUT2D eigenvalue weighted by Crippen LogP contribution is 2.32. The summed E-state index contributed by atoms with van der Waals surface area (Å²) in [5.41, 5.74) is 2.49. The Hall–Kier alpha value is -2.64. The molecule has 2 heterocycles. The molecule has 158 valence electrons. The minimum atomic E-state index is -4.37. The molecule has 1 aliphatic rings. The van der Waals surface area contributed by atoms with Gasteiger partial charge in [-0.3, -0.25) is 4.90 Å². The van der Waals surface area contributed by atoms with E-state index in [9.17, 15) is 13.2 Å². The molecule has 0 atom stereocenters. The lowest BCUT2D eigenvalue weighted by molar-refractivity contribution is -0.137. The molecule has 4 nitrogen and oxygen atoms in total. The number of imidazole rings is 1. The zero-order chi connectivity index (χ0) is 21.3. The normalized spacial score (nSPS) is 16.2. The summed E-state index contributed by atoms with van der Waals surface area (Å²) >= 11 is 0. The van der Waals surface area contributed by atoms with Gasteiger partial charge in [-0.2, -0.15) is 13.2 Å². The van der Waals surface area contributed by atoms with Crippen molar-refractivity contribution in [2.45, 2.75) is 12.7 Å². The van der Waals surface area contributed by atoms with Crippen LogP contribution in [0.2, 0.25) is 0 Å². The lowest BCUT2D eigenvalue weighted by Gasteiger charge is -2.32. The second-order valence-corrected chi connectivity index (χ2v) is 7.92. The van der Waals surface area contributed by atoms with Crippen LogP contribution in [0.5, 0.6) is 0 Å². The molecule has 1 aliphatic heterocycles. The van der Waals surface area contributed by atoms with Gasteiger partial charge in [0.2, 0.25) is 0 Å². The van der Waals surface area contributed by atoms with Crippen LogP contribution in [0.25, 0.3) is 22.6 Å². The quantitative estimate of drug-likeness (QED) is 0.627. The predicted molar refractivity (Wildman–Crippen MR) is 112 cm³/mol. The Balaban J connectivity index is 1.58. The standard InChI is InChI=1S/C23H25F3N4/c1-28-9-11-30(12-10-28)15-17-5-3-7-19(13-17)22-27-21(16-29(22)2)18-6-4-8-20(14-18)23(24,25)26/h3-8,13-14,16H,9-12,15H2,1-2H3. The van der Waals surface area contributed by atoms with Crippen LogP contribution in [0.3, 0.4) is 0 Å².